The van der Waals surface area contributed by atoms with Gasteiger partial charge in [0.2, 0.25) is 0 Å². The summed E-state index contributed by atoms with van der Waals surface area (Å²) in [5.74, 6) is 2.04. The molecule has 0 saturated heterocycles. The molecule has 0 atom stereocenters. The molecule has 0 aromatic heterocycles. The van der Waals surface area contributed by atoms with E-state index in [1.54, 1.807) is 0 Å². The molecule has 2 rings (SSSR count). The van der Waals surface area contributed by atoms with Gasteiger partial charge in [0.15, 0.2) is 0 Å². The Balaban J connectivity index is 2.03. The van der Waals surface area contributed by atoms with Crippen LogP contribution in [0.3, 0.4) is 0 Å². The van der Waals surface area contributed by atoms with Gasteiger partial charge < -0.3 is 4.74 Å². The molecule has 1 nitrogen and oxygen atoms in total. The van der Waals surface area contributed by atoms with Gasteiger partial charge in [0.05, 0.1) is 6.61 Å². The van der Waals surface area contributed by atoms with Crippen LogP contribution in [0.2, 0.25) is 0 Å². The molecule has 0 amide bonds. The molecule has 0 N–H and O–H groups in total. The minimum Gasteiger partial charge on any atom is -0.492 e. The molecule has 0 heterocycles. The molecule has 0 bridgehead atoms. The maximum absolute atomic E-state index is 5.85. The van der Waals surface area contributed by atoms with Gasteiger partial charge in [-0.25, -0.2) is 0 Å². The van der Waals surface area contributed by atoms with Crippen LogP contribution in [0.25, 0.3) is 10.8 Å². The van der Waals surface area contributed by atoms with Gasteiger partial charge in [0, 0.05) is 11.1 Å². The van der Waals surface area contributed by atoms with Crippen molar-refractivity contribution < 1.29 is 4.74 Å². The monoisotopic (exact) mass is 246 g/mol. The van der Waals surface area contributed by atoms with Crippen LogP contribution < -0.4 is 4.74 Å². The molecule has 0 spiro atoms. The molecule has 90 valence electrons. The van der Waals surface area contributed by atoms with Crippen molar-refractivity contribution in [2.75, 3.05) is 12.4 Å². The van der Waals surface area contributed by atoms with E-state index in [0.717, 1.165) is 18.1 Å². The van der Waals surface area contributed by atoms with Gasteiger partial charge in [-0.3, -0.25) is 0 Å². The lowest BCUT2D eigenvalue weighted by atomic mass is 10.1. The zero-order valence-electron chi connectivity index (χ0n) is 10.3. The van der Waals surface area contributed by atoms with Gasteiger partial charge in [-0.15, -0.1) is 0 Å². The fourth-order valence-electron chi connectivity index (χ4n) is 1.76. The third-order valence-electron chi connectivity index (χ3n) is 2.54. The van der Waals surface area contributed by atoms with E-state index in [2.05, 4.69) is 44.2 Å². The van der Waals surface area contributed by atoms with Gasteiger partial charge >= 0.3 is 0 Å². The van der Waals surface area contributed by atoms with E-state index in [4.69, 9.17) is 4.74 Å². The molecule has 0 aliphatic rings. The van der Waals surface area contributed by atoms with E-state index in [0.29, 0.717) is 5.25 Å². The second-order valence-electron chi connectivity index (χ2n) is 4.25. The van der Waals surface area contributed by atoms with Crippen LogP contribution in [-0.4, -0.2) is 17.6 Å². The maximum atomic E-state index is 5.85. The highest BCUT2D eigenvalue weighted by Gasteiger charge is 2.01. The molecule has 0 saturated carbocycles. The van der Waals surface area contributed by atoms with Crippen LogP contribution in [-0.2, 0) is 0 Å². The van der Waals surface area contributed by atoms with Crippen LogP contribution in [0.1, 0.15) is 13.8 Å². The molecular weight excluding hydrogens is 228 g/mol. The van der Waals surface area contributed by atoms with Crippen molar-refractivity contribution in [2.45, 2.75) is 19.1 Å². The van der Waals surface area contributed by atoms with Crippen LogP contribution in [0, 0.1) is 0 Å². The lowest BCUT2D eigenvalue weighted by Gasteiger charge is -2.10. The molecule has 2 heteroatoms. The number of benzene rings is 2. The van der Waals surface area contributed by atoms with Crippen LogP contribution in [0.4, 0.5) is 0 Å². The van der Waals surface area contributed by atoms with Gasteiger partial charge in [0.1, 0.15) is 5.75 Å². The van der Waals surface area contributed by atoms with Crippen molar-refractivity contribution in [3.8, 4) is 5.75 Å². The molecule has 0 aliphatic heterocycles. The molecule has 2 aromatic carbocycles. The number of ether oxygens (including phenoxy) is 1. The predicted molar refractivity (Wildman–Crippen MR) is 77.0 cm³/mol. The Morgan fingerprint density at radius 2 is 1.82 bits per heavy atom. The van der Waals surface area contributed by atoms with Gasteiger partial charge in [-0.05, 0) is 16.7 Å². The molecule has 0 aliphatic carbocycles. The summed E-state index contributed by atoms with van der Waals surface area (Å²) >= 11 is 1.93. The molecule has 2 aromatic rings. The maximum Gasteiger partial charge on any atom is 0.127 e. The Morgan fingerprint density at radius 1 is 1.06 bits per heavy atom. The van der Waals surface area contributed by atoms with Crippen LogP contribution in [0.5, 0.6) is 5.75 Å². The largest absolute Gasteiger partial charge is 0.492 e. The third-order valence-corrected chi connectivity index (χ3v) is 3.61. The second-order valence-corrected chi connectivity index (χ2v) is 5.93. The first-order valence-electron chi connectivity index (χ1n) is 5.99. The summed E-state index contributed by atoms with van der Waals surface area (Å²) in [5.41, 5.74) is 0. The van der Waals surface area contributed by atoms with Crippen molar-refractivity contribution in [2.24, 2.45) is 0 Å². The normalized spacial score (nSPS) is 11.0. The fourth-order valence-corrected chi connectivity index (χ4v) is 2.41. The second kappa shape index (κ2) is 5.97. The minimum absolute atomic E-state index is 0.672. The number of hydrogen-bond acceptors (Lipinski definition) is 2. The first-order chi connectivity index (χ1) is 8.27. The standard InChI is InChI=1S/C15H18OS/c1-12(2)17-11-10-16-15-9-5-7-13-6-3-4-8-14(13)15/h3-9,12H,10-11H2,1-2H3. The van der Waals surface area contributed by atoms with Crippen molar-refractivity contribution >= 4 is 22.5 Å². The Morgan fingerprint density at radius 3 is 2.65 bits per heavy atom. The van der Waals surface area contributed by atoms with Gasteiger partial charge in [0.25, 0.3) is 0 Å². The summed E-state index contributed by atoms with van der Waals surface area (Å²) in [6, 6.07) is 14.5. The average molecular weight is 246 g/mol. The lowest BCUT2D eigenvalue weighted by Crippen LogP contribution is -2.02. The summed E-state index contributed by atoms with van der Waals surface area (Å²) in [4.78, 5) is 0. The van der Waals surface area contributed by atoms with Gasteiger partial charge in [-0.2, -0.15) is 11.8 Å². The van der Waals surface area contributed by atoms with Crippen molar-refractivity contribution in [3.63, 3.8) is 0 Å². The van der Waals surface area contributed by atoms with Gasteiger partial charge in [-0.1, -0.05) is 50.2 Å². The summed E-state index contributed by atoms with van der Waals surface area (Å²) < 4.78 is 5.85. The highest BCUT2D eigenvalue weighted by atomic mass is 32.2. The van der Waals surface area contributed by atoms with Crippen molar-refractivity contribution in [1.82, 2.24) is 0 Å². The highest BCUT2D eigenvalue weighted by molar-refractivity contribution is 7.99. The smallest absolute Gasteiger partial charge is 0.127 e. The summed E-state index contributed by atoms with van der Waals surface area (Å²) in [5, 5.41) is 3.11. The summed E-state index contributed by atoms with van der Waals surface area (Å²) in [6.07, 6.45) is 0. The Hall–Kier alpha value is -1.15. The van der Waals surface area contributed by atoms with Crippen LogP contribution in [0.15, 0.2) is 42.5 Å². The first-order valence-corrected chi connectivity index (χ1v) is 7.04. The molecule has 0 unspecified atom stereocenters. The zero-order valence-corrected chi connectivity index (χ0v) is 11.2. The zero-order chi connectivity index (χ0) is 12.1. The third kappa shape index (κ3) is 3.40. The van der Waals surface area contributed by atoms with E-state index < -0.39 is 0 Å². The summed E-state index contributed by atoms with van der Waals surface area (Å²) in [6.45, 7) is 5.20. The van der Waals surface area contributed by atoms with E-state index in [1.807, 2.05) is 23.9 Å². The Labute approximate surface area is 107 Å². The average Bonchev–Trinajstić information content (AvgIpc) is 2.34. The van der Waals surface area contributed by atoms with E-state index >= 15 is 0 Å². The van der Waals surface area contributed by atoms with Crippen molar-refractivity contribution in [3.05, 3.63) is 42.5 Å². The predicted octanol–water partition coefficient (Wildman–Crippen LogP) is 4.36. The van der Waals surface area contributed by atoms with Crippen LogP contribution >= 0.6 is 11.8 Å². The number of hydrogen-bond donors (Lipinski definition) is 0. The number of rotatable bonds is 5. The molecular formula is C15H18OS. The molecule has 0 fully saturated rings. The van der Waals surface area contributed by atoms with E-state index in [-0.39, 0.29) is 0 Å². The fraction of sp³-hybridized carbons (Fsp3) is 0.333. The molecule has 17 heavy (non-hydrogen) atoms. The Bertz CT molecular complexity index is 474. The quantitative estimate of drug-likeness (QED) is 0.725. The topological polar surface area (TPSA) is 9.23 Å². The minimum atomic E-state index is 0.672. The number of thioether (sulfide) groups is 1. The van der Waals surface area contributed by atoms with Crippen molar-refractivity contribution in [1.29, 1.82) is 0 Å². The molecule has 0 radical (unpaired) electrons. The van der Waals surface area contributed by atoms with E-state index in [1.165, 1.54) is 10.8 Å². The first kappa shape index (κ1) is 12.3. The number of fused-ring (bicyclic) bond motifs is 1. The SMILES string of the molecule is CC(C)SCCOc1cccc2ccccc12. The lowest BCUT2D eigenvalue weighted by molar-refractivity contribution is 0.348. The summed E-state index contributed by atoms with van der Waals surface area (Å²) in [7, 11) is 0. The Kier molecular flexibility index (Phi) is 4.32. The van der Waals surface area contributed by atoms with E-state index in [9.17, 15) is 0 Å². The highest BCUT2D eigenvalue weighted by Crippen LogP contribution is 2.25.